The van der Waals surface area contributed by atoms with E-state index >= 15 is 0 Å². The Morgan fingerprint density at radius 1 is 0.329 bits per heavy atom. The van der Waals surface area contributed by atoms with E-state index in [1.54, 1.807) is 11.3 Å². The van der Waals surface area contributed by atoms with Gasteiger partial charge in [0.1, 0.15) is 11.0 Å². The van der Waals surface area contributed by atoms with Crippen molar-refractivity contribution >= 4 is 114 Å². The Labute approximate surface area is 508 Å². The van der Waals surface area contributed by atoms with Gasteiger partial charge in [0.25, 0.3) is 0 Å². The van der Waals surface area contributed by atoms with Gasteiger partial charge in [-0.25, -0.2) is 9.97 Å². The number of nitrogens with zero attached hydrogens (tertiary/aromatic N) is 2. The van der Waals surface area contributed by atoms with Gasteiger partial charge in [0, 0.05) is 67.0 Å². The van der Waals surface area contributed by atoms with E-state index in [0.717, 1.165) is 74.7 Å². The van der Waals surface area contributed by atoms with Crippen LogP contribution in [0.2, 0.25) is 0 Å². The first kappa shape index (κ1) is 54.7. The van der Waals surface area contributed by atoms with Gasteiger partial charge in [-0.2, -0.15) is 0 Å². The number of benzene rings is 12. The standard InChI is InChI=1S/C37H23NOS.C24H17BO2S.C13H8BrNO.CH4/c1-3-9-24(10-4-1)28-19-20-35-31(21-28)32-23-29(25-11-5-2-6-12-25)22-30(36(32)40-35)26-15-17-27(18-16-26)37-38-33-13-7-8-14-34(33)39-37;26-25(27)22-15-19(17-9-5-2-6-10-17)14-21-20-13-18(16-7-3-1-4-8-16)11-12-23(20)28-24(21)22;14-10-7-5-9(6-8-10)13-15-11-3-1-2-4-12(11)16-13;/h1-23H;1-15,26-27H;1-8H;1H4. The molecular formula is C75H52BBrN2O4S2. The number of aromatic nitrogens is 2. The van der Waals surface area contributed by atoms with Crippen LogP contribution in [-0.2, 0) is 0 Å². The van der Waals surface area contributed by atoms with Crippen molar-refractivity contribution in [1.82, 2.24) is 9.97 Å². The van der Waals surface area contributed by atoms with Crippen molar-refractivity contribution in [3.8, 4) is 78.5 Å². The molecule has 2 N–H and O–H groups in total. The molecule has 10 heteroatoms. The molecule has 0 aliphatic heterocycles. The van der Waals surface area contributed by atoms with E-state index in [1.807, 2.05) is 139 Å². The molecule has 0 atom stereocenters. The lowest BCUT2D eigenvalue weighted by atomic mass is 9.78. The van der Waals surface area contributed by atoms with Crippen LogP contribution in [0.1, 0.15) is 7.43 Å². The predicted molar refractivity (Wildman–Crippen MR) is 363 cm³/mol. The molecule has 16 rings (SSSR count). The molecule has 85 heavy (non-hydrogen) atoms. The third-order valence-corrected chi connectivity index (χ3v) is 18.0. The van der Waals surface area contributed by atoms with Gasteiger partial charge >= 0.3 is 7.12 Å². The van der Waals surface area contributed by atoms with E-state index in [4.69, 9.17) is 8.83 Å². The summed E-state index contributed by atoms with van der Waals surface area (Å²) in [7, 11) is -1.51. The van der Waals surface area contributed by atoms with Crippen LogP contribution in [-0.4, -0.2) is 27.1 Å². The normalized spacial score (nSPS) is 11.1. The lowest BCUT2D eigenvalue weighted by Gasteiger charge is -2.10. The van der Waals surface area contributed by atoms with E-state index in [-0.39, 0.29) is 7.43 Å². The largest absolute Gasteiger partial charge is 0.489 e. The SMILES string of the molecule is Brc1ccc(-c2nc3ccccc3o2)cc1.C.OB(O)c1cc(-c2ccccc2)cc2c1sc1ccc(-c3ccccc3)cc12.c1ccc(-c2ccc3sc4c(-c5ccc(-c6nc7ccccc7o6)cc5)cc(-c5ccccc5)cc4c3c2)cc1. The molecular weight excluding hydrogens is 1150 g/mol. The van der Waals surface area contributed by atoms with Crippen LogP contribution in [0.25, 0.3) is 141 Å². The Kier molecular flexibility index (Phi) is 15.4. The van der Waals surface area contributed by atoms with E-state index < -0.39 is 7.12 Å². The van der Waals surface area contributed by atoms with Crippen molar-refractivity contribution in [2.45, 2.75) is 7.43 Å². The van der Waals surface area contributed by atoms with Crippen LogP contribution in [0.4, 0.5) is 0 Å². The zero-order valence-corrected chi connectivity index (χ0v) is 48.2. The van der Waals surface area contributed by atoms with Gasteiger partial charge in [-0.3, -0.25) is 0 Å². The topological polar surface area (TPSA) is 92.5 Å². The molecule has 6 nitrogen and oxygen atoms in total. The maximum Gasteiger partial charge on any atom is 0.489 e. The summed E-state index contributed by atoms with van der Waals surface area (Å²) in [5.41, 5.74) is 17.6. The van der Waals surface area contributed by atoms with Crippen molar-refractivity contribution in [2.24, 2.45) is 0 Å². The van der Waals surface area contributed by atoms with E-state index in [1.165, 1.54) is 59.1 Å². The monoisotopic (exact) mass is 1200 g/mol. The summed E-state index contributed by atoms with van der Waals surface area (Å²) >= 11 is 6.87. The maximum atomic E-state index is 10.0. The third kappa shape index (κ3) is 11.3. The molecule has 0 saturated heterocycles. The molecule has 408 valence electrons. The number of oxazole rings is 2. The number of fused-ring (bicyclic) bond motifs is 8. The number of thiophene rings is 2. The summed E-state index contributed by atoms with van der Waals surface area (Å²) < 4.78 is 17.4. The van der Waals surface area contributed by atoms with Crippen LogP contribution in [0.5, 0.6) is 0 Å². The van der Waals surface area contributed by atoms with E-state index in [2.05, 4.69) is 178 Å². The van der Waals surface area contributed by atoms with Crippen molar-refractivity contribution in [3.63, 3.8) is 0 Å². The first-order valence-corrected chi connectivity index (χ1v) is 29.9. The molecule has 0 saturated carbocycles. The van der Waals surface area contributed by atoms with E-state index in [0.29, 0.717) is 17.2 Å². The van der Waals surface area contributed by atoms with Gasteiger partial charge < -0.3 is 18.9 Å². The van der Waals surface area contributed by atoms with Gasteiger partial charge in [0.15, 0.2) is 11.2 Å². The molecule has 0 unspecified atom stereocenters. The first-order chi connectivity index (χ1) is 41.3. The Bertz CT molecular complexity index is 4920. The maximum absolute atomic E-state index is 10.0. The number of hydrogen-bond acceptors (Lipinski definition) is 8. The van der Waals surface area contributed by atoms with Crippen LogP contribution in [0.3, 0.4) is 0 Å². The first-order valence-electron chi connectivity index (χ1n) is 27.5. The third-order valence-electron chi connectivity index (χ3n) is 15.0. The van der Waals surface area contributed by atoms with Crippen molar-refractivity contribution in [3.05, 3.63) is 284 Å². The number of para-hydroxylation sites is 4. The number of halogens is 1. The molecule has 12 aromatic carbocycles. The molecule has 0 aliphatic carbocycles. The Hall–Kier alpha value is -9.52. The highest BCUT2D eigenvalue weighted by Crippen LogP contribution is 2.45. The summed E-state index contributed by atoms with van der Waals surface area (Å²) in [6.07, 6.45) is 0. The molecule has 0 amide bonds. The highest BCUT2D eigenvalue weighted by molar-refractivity contribution is 9.10. The second kappa shape index (κ2) is 24.0. The lowest BCUT2D eigenvalue weighted by Crippen LogP contribution is -2.30. The minimum Gasteiger partial charge on any atom is -0.436 e. The quantitative estimate of drug-likeness (QED) is 0.147. The average Bonchev–Trinajstić information content (AvgIpc) is 4.26. The fourth-order valence-corrected chi connectivity index (χ4v) is 13.4. The molecule has 4 heterocycles. The predicted octanol–water partition coefficient (Wildman–Crippen LogP) is 20.8. The van der Waals surface area contributed by atoms with Gasteiger partial charge in [0.05, 0.1) is 0 Å². The van der Waals surface area contributed by atoms with Gasteiger partial charge in [-0.05, 0) is 153 Å². The van der Waals surface area contributed by atoms with Gasteiger partial charge in [-0.1, -0.05) is 199 Å². The molecule has 4 aromatic heterocycles. The summed E-state index contributed by atoms with van der Waals surface area (Å²) in [5, 5.41) is 24.8. The smallest absolute Gasteiger partial charge is 0.436 e. The van der Waals surface area contributed by atoms with Crippen molar-refractivity contribution in [2.75, 3.05) is 0 Å². The second-order valence-electron chi connectivity index (χ2n) is 20.4. The fourth-order valence-electron chi connectivity index (χ4n) is 10.8. The molecule has 0 fully saturated rings. The van der Waals surface area contributed by atoms with Gasteiger partial charge in [-0.15, -0.1) is 22.7 Å². The summed E-state index contributed by atoms with van der Waals surface area (Å²) in [6, 6.07) is 95.8. The molecule has 0 bridgehead atoms. The zero-order valence-electron chi connectivity index (χ0n) is 44.9. The highest BCUT2D eigenvalue weighted by atomic mass is 79.9. The number of rotatable bonds is 8. The fraction of sp³-hybridized carbons (Fsp3) is 0.0133. The Balaban J connectivity index is 0.000000129. The molecule has 16 aromatic rings. The molecule has 0 radical (unpaired) electrons. The minimum absolute atomic E-state index is 0. The highest BCUT2D eigenvalue weighted by Gasteiger charge is 2.21. The van der Waals surface area contributed by atoms with Crippen molar-refractivity contribution in [1.29, 1.82) is 0 Å². The summed E-state index contributed by atoms with van der Waals surface area (Å²) in [6.45, 7) is 0. The molecule has 0 spiro atoms. The summed E-state index contributed by atoms with van der Waals surface area (Å²) in [4.78, 5) is 9.12. The van der Waals surface area contributed by atoms with Gasteiger partial charge in [0.2, 0.25) is 11.8 Å². The van der Waals surface area contributed by atoms with Crippen LogP contribution in [0.15, 0.2) is 292 Å². The zero-order chi connectivity index (χ0) is 56.5. The minimum atomic E-state index is -1.51. The Morgan fingerprint density at radius 2 is 0.694 bits per heavy atom. The second-order valence-corrected chi connectivity index (χ2v) is 23.4. The average molecular weight is 1200 g/mol. The summed E-state index contributed by atoms with van der Waals surface area (Å²) in [5.74, 6) is 1.31. The lowest BCUT2D eigenvalue weighted by molar-refractivity contribution is 0.426. The molecule has 0 aliphatic rings. The van der Waals surface area contributed by atoms with Crippen LogP contribution >= 0.6 is 38.6 Å². The van der Waals surface area contributed by atoms with Crippen molar-refractivity contribution < 1.29 is 18.9 Å². The Morgan fingerprint density at radius 3 is 1.15 bits per heavy atom. The van der Waals surface area contributed by atoms with Crippen LogP contribution < -0.4 is 5.46 Å². The number of hydrogen-bond donors (Lipinski definition) is 2. The van der Waals surface area contributed by atoms with Crippen LogP contribution in [0, 0.1) is 0 Å². The van der Waals surface area contributed by atoms with E-state index in [9.17, 15) is 10.0 Å².